The van der Waals surface area contributed by atoms with E-state index in [1.165, 1.54) is 0 Å². The SMILES string of the molecule is CCCC(=O)NC[C@H]1CN(c2cc(F)c(N3CC4CCS(=O)(=O)CCC4C3)c(F)c2)C(=O)O1. The number of benzene rings is 1. The smallest absolute Gasteiger partial charge is 0.414 e. The molecule has 33 heavy (non-hydrogen) atoms. The summed E-state index contributed by atoms with van der Waals surface area (Å²) in [7, 11) is -3.04. The maximum absolute atomic E-state index is 15.0. The van der Waals surface area contributed by atoms with E-state index in [4.69, 9.17) is 4.74 Å². The van der Waals surface area contributed by atoms with Crippen LogP contribution in [0.15, 0.2) is 12.1 Å². The van der Waals surface area contributed by atoms with E-state index >= 15 is 8.78 Å². The van der Waals surface area contributed by atoms with Crippen LogP contribution in [0.3, 0.4) is 0 Å². The molecule has 1 N–H and O–H groups in total. The van der Waals surface area contributed by atoms with E-state index in [-0.39, 0.29) is 53.7 Å². The van der Waals surface area contributed by atoms with Crippen LogP contribution in [-0.2, 0) is 19.4 Å². The van der Waals surface area contributed by atoms with E-state index in [9.17, 15) is 18.0 Å². The van der Waals surface area contributed by atoms with Gasteiger partial charge in [-0.05, 0) is 31.1 Å². The molecule has 0 spiro atoms. The lowest BCUT2D eigenvalue weighted by atomic mass is 9.92. The minimum absolute atomic E-state index is 0.0561. The Hall–Kier alpha value is -2.43. The predicted octanol–water partition coefficient (Wildman–Crippen LogP) is 2.47. The van der Waals surface area contributed by atoms with E-state index in [1.54, 1.807) is 4.90 Å². The molecule has 0 saturated carbocycles. The van der Waals surface area contributed by atoms with E-state index < -0.39 is 33.7 Å². The fraction of sp³-hybridized carbons (Fsp3) is 0.636. The van der Waals surface area contributed by atoms with Crippen molar-refractivity contribution in [2.45, 2.75) is 38.7 Å². The number of fused-ring (bicyclic) bond motifs is 1. The Labute approximate surface area is 192 Å². The third-order valence-electron chi connectivity index (χ3n) is 6.68. The summed E-state index contributed by atoms with van der Waals surface area (Å²) < 4.78 is 59.1. The van der Waals surface area contributed by atoms with Gasteiger partial charge in [-0.25, -0.2) is 22.0 Å². The molecule has 182 valence electrons. The zero-order valence-corrected chi connectivity index (χ0v) is 19.4. The second kappa shape index (κ2) is 9.44. The maximum atomic E-state index is 15.0. The van der Waals surface area contributed by atoms with E-state index in [0.717, 1.165) is 17.0 Å². The Balaban J connectivity index is 1.44. The molecule has 3 atom stereocenters. The van der Waals surface area contributed by atoms with Crippen molar-refractivity contribution in [3.8, 4) is 0 Å². The van der Waals surface area contributed by atoms with Crippen LogP contribution in [0.2, 0.25) is 0 Å². The van der Waals surface area contributed by atoms with Gasteiger partial charge in [0.05, 0.1) is 30.3 Å². The van der Waals surface area contributed by atoms with Gasteiger partial charge in [0.25, 0.3) is 0 Å². The highest BCUT2D eigenvalue weighted by molar-refractivity contribution is 7.91. The molecular formula is C22H29F2N3O5S. The van der Waals surface area contributed by atoms with Crippen LogP contribution in [-0.4, -0.2) is 64.2 Å². The van der Waals surface area contributed by atoms with Gasteiger partial charge in [0.15, 0.2) is 11.6 Å². The second-order valence-electron chi connectivity index (χ2n) is 9.08. The maximum Gasteiger partial charge on any atom is 0.414 e. The molecule has 2 amide bonds. The molecule has 3 aliphatic heterocycles. The van der Waals surface area contributed by atoms with Gasteiger partial charge in [0, 0.05) is 31.6 Å². The van der Waals surface area contributed by atoms with Crippen molar-refractivity contribution in [1.29, 1.82) is 0 Å². The van der Waals surface area contributed by atoms with E-state index in [2.05, 4.69) is 5.32 Å². The van der Waals surface area contributed by atoms with Gasteiger partial charge in [-0.3, -0.25) is 9.69 Å². The lowest BCUT2D eigenvalue weighted by molar-refractivity contribution is -0.121. The van der Waals surface area contributed by atoms with Gasteiger partial charge in [0.2, 0.25) is 5.91 Å². The third kappa shape index (κ3) is 5.23. The molecule has 11 heteroatoms. The number of amides is 2. The lowest BCUT2D eigenvalue weighted by Gasteiger charge is -2.22. The van der Waals surface area contributed by atoms with Gasteiger partial charge < -0.3 is 15.0 Å². The van der Waals surface area contributed by atoms with E-state index in [1.807, 2.05) is 6.92 Å². The molecule has 0 aromatic heterocycles. The molecule has 1 aromatic carbocycles. The van der Waals surface area contributed by atoms with Gasteiger partial charge >= 0.3 is 6.09 Å². The first-order valence-electron chi connectivity index (χ1n) is 11.4. The number of cyclic esters (lactones) is 1. The average molecular weight is 486 g/mol. The number of carbonyl (C=O) groups excluding carboxylic acids is 2. The van der Waals surface area contributed by atoms with Gasteiger partial charge in [-0.15, -0.1) is 0 Å². The molecule has 3 saturated heterocycles. The number of hydrogen-bond donors (Lipinski definition) is 1. The van der Waals surface area contributed by atoms with Gasteiger partial charge in [-0.2, -0.15) is 0 Å². The van der Waals surface area contributed by atoms with Crippen molar-refractivity contribution in [2.24, 2.45) is 11.8 Å². The predicted molar refractivity (Wildman–Crippen MR) is 119 cm³/mol. The molecule has 0 radical (unpaired) electrons. The number of anilines is 2. The first kappa shape index (κ1) is 23.7. The fourth-order valence-corrected chi connectivity index (χ4v) is 6.46. The highest BCUT2D eigenvalue weighted by Crippen LogP contribution is 2.38. The van der Waals surface area contributed by atoms with Crippen molar-refractivity contribution in [3.63, 3.8) is 0 Å². The van der Waals surface area contributed by atoms with Crippen molar-refractivity contribution in [2.75, 3.05) is 47.5 Å². The number of sulfone groups is 1. The summed E-state index contributed by atoms with van der Waals surface area (Å²) in [5.41, 5.74) is -0.0914. The summed E-state index contributed by atoms with van der Waals surface area (Å²) in [5.74, 6) is -1.31. The average Bonchev–Trinajstić information content (AvgIpc) is 3.28. The molecule has 1 aromatic rings. The Morgan fingerprint density at radius 1 is 1.12 bits per heavy atom. The molecular weight excluding hydrogens is 456 g/mol. The minimum Gasteiger partial charge on any atom is -0.442 e. The number of nitrogens with zero attached hydrogens (tertiary/aromatic N) is 2. The summed E-state index contributed by atoms with van der Waals surface area (Å²) in [6.45, 7) is 2.89. The van der Waals surface area contributed by atoms with Gasteiger partial charge in [-0.1, -0.05) is 6.92 Å². The largest absolute Gasteiger partial charge is 0.442 e. The zero-order valence-electron chi connectivity index (χ0n) is 18.6. The minimum atomic E-state index is -3.04. The molecule has 3 fully saturated rings. The molecule has 2 unspecified atom stereocenters. The molecule has 3 aliphatic rings. The Morgan fingerprint density at radius 3 is 2.30 bits per heavy atom. The topological polar surface area (TPSA) is 96.0 Å². The number of nitrogens with one attached hydrogen (secondary N) is 1. The summed E-state index contributed by atoms with van der Waals surface area (Å²) in [4.78, 5) is 26.7. The van der Waals surface area contributed by atoms with Crippen molar-refractivity contribution >= 4 is 33.2 Å². The van der Waals surface area contributed by atoms with Crippen LogP contribution in [0.4, 0.5) is 25.0 Å². The Bertz CT molecular complexity index is 990. The summed E-state index contributed by atoms with van der Waals surface area (Å²) in [5, 5.41) is 2.69. The molecule has 4 rings (SSSR count). The van der Waals surface area contributed by atoms with Crippen LogP contribution in [0.1, 0.15) is 32.6 Å². The standard InChI is InChI=1S/C22H29F2N3O5S/c1-2-3-20(28)25-10-17-13-27(22(29)32-17)16-8-18(23)21(19(24)9-16)26-11-14-4-6-33(30,31)7-5-15(14)12-26/h8-9,14-15,17H,2-7,10-13H2,1H3,(H,25,28)/t14?,15?,17-/m0/s1. The quantitative estimate of drug-likeness (QED) is 0.665. The summed E-state index contributed by atoms with van der Waals surface area (Å²) in [6, 6.07) is 2.24. The number of carbonyl (C=O) groups is 2. The number of ether oxygens (including phenoxy) is 1. The van der Waals surface area contributed by atoms with Crippen molar-refractivity contribution in [1.82, 2.24) is 5.32 Å². The molecule has 3 heterocycles. The van der Waals surface area contributed by atoms with Crippen LogP contribution in [0, 0.1) is 23.5 Å². The van der Waals surface area contributed by atoms with Crippen LogP contribution in [0.5, 0.6) is 0 Å². The third-order valence-corrected chi connectivity index (χ3v) is 8.40. The molecule has 8 nitrogen and oxygen atoms in total. The van der Waals surface area contributed by atoms with Crippen molar-refractivity contribution in [3.05, 3.63) is 23.8 Å². The van der Waals surface area contributed by atoms with Gasteiger partial charge in [0.1, 0.15) is 21.6 Å². The monoisotopic (exact) mass is 485 g/mol. The van der Waals surface area contributed by atoms with Crippen LogP contribution < -0.4 is 15.1 Å². The van der Waals surface area contributed by atoms with Crippen LogP contribution >= 0.6 is 0 Å². The fourth-order valence-electron chi connectivity index (χ4n) is 4.93. The van der Waals surface area contributed by atoms with Crippen molar-refractivity contribution < 1.29 is 31.5 Å². The van der Waals surface area contributed by atoms with Crippen LogP contribution in [0.25, 0.3) is 0 Å². The second-order valence-corrected chi connectivity index (χ2v) is 11.4. The number of halogens is 2. The highest BCUT2D eigenvalue weighted by Gasteiger charge is 2.39. The Kier molecular flexibility index (Phi) is 6.78. The number of rotatable bonds is 6. The zero-order chi connectivity index (χ0) is 23.8. The molecule has 0 bridgehead atoms. The highest BCUT2D eigenvalue weighted by atomic mass is 32.2. The number of hydrogen-bond acceptors (Lipinski definition) is 6. The van der Waals surface area contributed by atoms with E-state index in [0.29, 0.717) is 38.8 Å². The summed E-state index contributed by atoms with van der Waals surface area (Å²) in [6.07, 6.45) is 0.745. The normalized spacial score (nSPS) is 26.6. The first-order valence-corrected chi connectivity index (χ1v) is 13.2. The molecule has 0 aliphatic carbocycles. The summed E-state index contributed by atoms with van der Waals surface area (Å²) >= 11 is 0. The lowest BCUT2D eigenvalue weighted by Crippen LogP contribution is -2.34. The first-order chi connectivity index (χ1) is 15.7. The Morgan fingerprint density at radius 2 is 1.73 bits per heavy atom.